The topological polar surface area (TPSA) is 96.6 Å². The molecule has 0 fully saturated rings. The van der Waals surface area contributed by atoms with Crippen molar-refractivity contribution in [2.24, 2.45) is 0 Å². The quantitative estimate of drug-likeness (QED) is 0.138. The lowest BCUT2D eigenvalue weighted by Crippen LogP contribution is -2.53. The lowest BCUT2D eigenvalue weighted by Gasteiger charge is -2.32. The molecule has 0 saturated heterocycles. The van der Waals surface area contributed by atoms with Crippen LogP contribution in [0.5, 0.6) is 0 Å². The third-order valence-electron chi connectivity index (χ3n) is 9.01. The number of hydrogen-bond acceptors (Lipinski definition) is 8. The Morgan fingerprint density at radius 1 is 0.891 bits per heavy atom. The fourth-order valence-electron chi connectivity index (χ4n) is 6.77. The fraction of sp³-hybridized carbons (Fsp3) is 0.194. The second kappa shape index (κ2) is 10.6. The van der Waals surface area contributed by atoms with Crippen molar-refractivity contribution in [2.75, 3.05) is 16.3 Å². The van der Waals surface area contributed by atoms with Gasteiger partial charge in [-0.25, -0.2) is 0 Å². The lowest BCUT2D eigenvalue weighted by molar-refractivity contribution is -0.121. The molecule has 4 aromatic carbocycles. The Morgan fingerprint density at radius 2 is 1.65 bits per heavy atom. The summed E-state index contributed by atoms with van der Waals surface area (Å²) < 4.78 is 6.91. The molecule has 1 unspecified atom stereocenters. The smallest absolute Gasteiger partial charge is 0.297 e. The molecule has 0 aliphatic carbocycles. The molecule has 0 N–H and O–H groups in total. The highest BCUT2D eigenvalue weighted by Crippen LogP contribution is 2.54. The monoisotopic (exact) mass is 644 g/mol. The molecule has 8 rings (SSSR count). The SMILES string of the molecule is CCCN1C(=O)C2(c3ccccc31)c1c(oc3cc(C)c(C)cc3c1=O)C(=O)N2c1nnc(SCc2cccc3ccccc23)s1. The maximum absolute atomic E-state index is 14.8. The highest BCUT2D eigenvalue weighted by molar-refractivity contribution is 8.00. The van der Waals surface area contributed by atoms with E-state index in [2.05, 4.69) is 34.5 Å². The number of para-hydroxylation sites is 1. The fourth-order valence-corrected chi connectivity index (χ4v) is 8.67. The predicted molar refractivity (Wildman–Crippen MR) is 182 cm³/mol. The van der Waals surface area contributed by atoms with Crippen LogP contribution in [0.3, 0.4) is 0 Å². The summed E-state index contributed by atoms with van der Waals surface area (Å²) in [4.78, 5) is 46.9. The zero-order valence-corrected chi connectivity index (χ0v) is 27.0. The first-order valence-electron chi connectivity index (χ1n) is 15.1. The van der Waals surface area contributed by atoms with Gasteiger partial charge in [-0.3, -0.25) is 19.3 Å². The molecule has 0 saturated carbocycles. The largest absolute Gasteiger partial charge is 0.450 e. The van der Waals surface area contributed by atoms with Crippen molar-refractivity contribution in [1.82, 2.24) is 10.2 Å². The van der Waals surface area contributed by atoms with Gasteiger partial charge in [-0.15, -0.1) is 10.2 Å². The number of rotatable bonds is 6. The van der Waals surface area contributed by atoms with Gasteiger partial charge in [0.15, 0.2) is 15.3 Å². The Bertz CT molecular complexity index is 2310. The summed E-state index contributed by atoms with van der Waals surface area (Å²) in [5.74, 6) is -0.456. The summed E-state index contributed by atoms with van der Waals surface area (Å²) in [5, 5.41) is 11.8. The highest BCUT2D eigenvalue weighted by atomic mass is 32.2. The molecular weight excluding hydrogens is 617 g/mol. The zero-order valence-electron chi connectivity index (χ0n) is 25.4. The summed E-state index contributed by atoms with van der Waals surface area (Å²) in [7, 11) is 0. The average Bonchev–Trinajstić information content (AvgIpc) is 3.70. The van der Waals surface area contributed by atoms with E-state index in [1.165, 1.54) is 28.0 Å². The number of nitrogens with zero attached hydrogens (tertiary/aromatic N) is 4. The molecule has 2 aliphatic heterocycles. The van der Waals surface area contributed by atoms with Gasteiger partial charge in [0.1, 0.15) is 5.58 Å². The Morgan fingerprint density at radius 3 is 2.50 bits per heavy atom. The molecule has 10 heteroatoms. The summed E-state index contributed by atoms with van der Waals surface area (Å²) in [6.07, 6.45) is 0.690. The molecule has 2 amide bonds. The molecule has 4 heterocycles. The van der Waals surface area contributed by atoms with Crippen LogP contribution >= 0.6 is 23.1 Å². The third-order valence-corrected chi connectivity index (χ3v) is 11.1. The van der Waals surface area contributed by atoms with Gasteiger partial charge in [-0.2, -0.15) is 0 Å². The summed E-state index contributed by atoms with van der Waals surface area (Å²) >= 11 is 2.74. The number of aromatic nitrogens is 2. The zero-order chi connectivity index (χ0) is 31.7. The number of amides is 2. The molecule has 0 bridgehead atoms. The average molecular weight is 645 g/mol. The van der Waals surface area contributed by atoms with E-state index < -0.39 is 16.9 Å². The van der Waals surface area contributed by atoms with Crippen LogP contribution in [0.1, 0.15) is 51.7 Å². The number of carbonyl (C=O) groups excluding carboxylic acids is 2. The molecule has 0 radical (unpaired) electrons. The minimum absolute atomic E-state index is 0.0319. The van der Waals surface area contributed by atoms with Crippen LogP contribution in [0, 0.1) is 13.8 Å². The van der Waals surface area contributed by atoms with Crippen LogP contribution in [0.4, 0.5) is 10.8 Å². The van der Waals surface area contributed by atoms with Crippen molar-refractivity contribution in [1.29, 1.82) is 0 Å². The molecule has 6 aromatic rings. The number of hydrogen-bond donors (Lipinski definition) is 0. The van der Waals surface area contributed by atoms with Gasteiger partial charge in [0.25, 0.3) is 11.8 Å². The Hall–Kier alpha value is -4.80. The maximum atomic E-state index is 14.8. The summed E-state index contributed by atoms with van der Waals surface area (Å²) in [6, 6.07) is 25.4. The van der Waals surface area contributed by atoms with Gasteiger partial charge >= 0.3 is 0 Å². The molecule has 8 nitrogen and oxygen atoms in total. The van der Waals surface area contributed by atoms with Gasteiger partial charge in [0, 0.05) is 17.9 Å². The molecular formula is C36H28N4O4S2. The van der Waals surface area contributed by atoms with Crippen molar-refractivity contribution in [3.8, 4) is 0 Å². The van der Waals surface area contributed by atoms with E-state index in [9.17, 15) is 14.4 Å². The second-order valence-corrected chi connectivity index (χ2v) is 13.8. The van der Waals surface area contributed by atoms with Gasteiger partial charge in [-0.1, -0.05) is 90.7 Å². The van der Waals surface area contributed by atoms with Crippen LogP contribution in [0.2, 0.25) is 0 Å². The first kappa shape index (κ1) is 28.7. The van der Waals surface area contributed by atoms with Crippen molar-refractivity contribution in [3.05, 3.63) is 123 Å². The molecule has 46 heavy (non-hydrogen) atoms. The van der Waals surface area contributed by atoms with Crippen molar-refractivity contribution in [3.63, 3.8) is 0 Å². The molecule has 2 aliphatic rings. The second-order valence-electron chi connectivity index (χ2n) is 11.7. The normalized spacial score (nSPS) is 17.1. The summed E-state index contributed by atoms with van der Waals surface area (Å²) in [6.45, 7) is 6.26. The minimum Gasteiger partial charge on any atom is -0.450 e. The Kier molecular flexibility index (Phi) is 6.63. The van der Waals surface area contributed by atoms with Crippen LogP contribution in [-0.4, -0.2) is 28.6 Å². The molecule has 1 spiro atoms. The maximum Gasteiger partial charge on any atom is 0.297 e. The van der Waals surface area contributed by atoms with Crippen LogP contribution in [0.25, 0.3) is 21.7 Å². The Balaban J connectivity index is 1.30. The van der Waals surface area contributed by atoms with Crippen LogP contribution < -0.4 is 15.2 Å². The third kappa shape index (κ3) is 3.96. The molecule has 2 aromatic heterocycles. The van der Waals surface area contributed by atoms with Gasteiger partial charge in [-0.05, 0) is 65.9 Å². The van der Waals surface area contributed by atoms with Crippen molar-refractivity contribution < 1.29 is 14.0 Å². The van der Waals surface area contributed by atoms with E-state index >= 15 is 0 Å². The van der Waals surface area contributed by atoms with Crippen molar-refractivity contribution in [2.45, 2.75) is 42.8 Å². The summed E-state index contributed by atoms with van der Waals surface area (Å²) in [5.41, 5.74) is 2.39. The standard InChI is InChI=1S/C36H28N4O4S2/c1-4-16-39-27-15-8-7-14-26(27)36(33(39)43)29-30(41)25-17-20(2)21(3)18-28(25)44-31(29)32(42)40(36)34-37-38-35(46-34)45-19-23-12-9-11-22-10-5-6-13-24(22)23/h5-15,17-18H,4,16,19H2,1-3H3. The number of carbonyl (C=O) groups is 2. The van der Waals surface area contributed by atoms with E-state index in [0.717, 1.165) is 27.5 Å². The van der Waals surface area contributed by atoms with E-state index in [0.29, 0.717) is 45.3 Å². The Labute approximate surface area is 272 Å². The predicted octanol–water partition coefficient (Wildman–Crippen LogP) is 7.37. The highest BCUT2D eigenvalue weighted by Gasteiger charge is 2.66. The first-order valence-corrected chi connectivity index (χ1v) is 16.9. The van der Waals surface area contributed by atoms with Crippen LogP contribution in [-0.2, 0) is 16.1 Å². The number of anilines is 2. The van der Waals surface area contributed by atoms with E-state index in [4.69, 9.17) is 4.42 Å². The van der Waals surface area contributed by atoms with Crippen molar-refractivity contribution >= 4 is 67.5 Å². The first-order chi connectivity index (χ1) is 22.3. The van der Waals surface area contributed by atoms with Gasteiger partial charge < -0.3 is 9.32 Å². The number of benzene rings is 4. The van der Waals surface area contributed by atoms with E-state index in [1.807, 2.05) is 63.2 Å². The molecule has 1 atom stereocenters. The van der Waals surface area contributed by atoms with E-state index in [1.54, 1.807) is 17.0 Å². The minimum atomic E-state index is -1.77. The van der Waals surface area contributed by atoms with E-state index in [-0.39, 0.29) is 22.4 Å². The number of fused-ring (bicyclic) bond motifs is 6. The number of thioether (sulfide) groups is 1. The lowest BCUT2D eigenvalue weighted by atomic mass is 9.84. The van der Waals surface area contributed by atoms with Gasteiger partial charge in [0.2, 0.25) is 10.9 Å². The van der Waals surface area contributed by atoms with Crippen LogP contribution in [0.15, 0.2) is 92.4 Å². The number of aryl methyl sites for hydroxylation is 2. The molecule has 228 valence electrons. The van der Waals surface area contributed by atoms with Gasteiger partial charge in [0.05, 0.1) is 16.6 Å².